The molecule has 0 aliphatic rings. The zero-order chi connectivity index (χ0) is 18.3. The van der Waals surface area contributed by atoms with Crippen molar-refractivity contribution in [1.82, 2.24) is 5.32 Å². The van der Waals surface area contributed by atoms with E-state index < -0.39 is 11.7 Å². The molecule has 0 heterocycles. The zero-order valence-electron chi connectivity index (χ0n) is 14.7. The van der Waals surface area contributed by atoms with Crippen molar-refractivity contribution in [3.8, 4) is 5.75 Å². The predicted octanol–water partition coefficient (Wildman–Crippen LogP) is 3.97. The Bertz CT molecular complexity index is 720. The van der Waals surface area contributed by atoms with Crippen LogP contribution in [0.2, 0.25) is 0 Å². The minimum atomic E-state index is -0.614. The van der Waals surface area contributed by atoms with Crippen molar-refractivity contribution in [2.75, 3.05) is 6.54 Å². The van der Waals surface area contributed by atoms with Gasteiger partial charge in [0.1, 0.15) is 18.0 Å². The molecule has 1 amide bonds. The lowest BCUT2D eigenvalue weighted by Gasteiger charge is -2.19. The lowest BCUT2D eigenvalue weighted by Crippen LogP contribution is -2.35. The van der Waals surface area contributed by atoms with Gasteiger partial charge in [0.2, 0.25) is 0 Å². The molecule has 1 N–H and O–H groups in total. The van der Waals surface area contributed by atoms with Crippen LogP contribution in [0.1, 0.15) is 36.7 Å². The van der Waals surface area contributed by atoms with Crippen LogP contribution < -0.4 is 10.1 Å². The second kappa shape index (κ2) is 8.33. The molecule has 0 spiro atoms. The molecule has 2 rings (SSSR count). The summed E-state index contributed by atoms with van der Waals surface area (Å²) in [6, 6.07) is 16.7. The standard InChI is InChI=1S/C20H23NO4/c1-20(2,3)25-19(23)21-13-18(22)16-10-7-11-17(12-16)24-14-15-8-5-4-6-9-15/h4-12H,13-14H2,1-3H3,(H,21,23). The summed E-state index contributed by atoms with van der Waals surface area (Å²) >= 11 is 0. The monoisotopic (exact) mass is 341 g/mol. The SMILES string of the molecule is CC(C)(C)OC(=O)NCC(=O)c1cccc(OCc2ccccc2)c1. The average Bonchev–Trinajstić information content (AvgIpc) is 2.57. The maximum absolute atomic E-state index is 12.2. The van der Waals surface area contributed by atoms with Crippen LogP contribution in [0.25, 0.3) is 0 Å². The number of carbonyl (C=O) groups excluding carboxylic acids is 2. The number of carbonyl (C=O) groups is 2. The van der Waals surface area contributed by atoms with Gasteiger partial charge in [-0.2, -0.15) is 0 Å². The molecule has 0 fully saturated rings. The van der Waals surface area contributed by atoms with E-state index in [9.17, 15) is 9.59 Å². The van der Waals surface area contributed by atoms with E-state index in [4.69, 9.17) is 9.47 Å². The highest BCUT2D eigenvalue weighted by Gasteiger charge is 2.17. The number of rotatable bonds is 6. The molecule has 0 bridgehead atoms. The van der Waals surface area contributed by atoms with Crippen molar-refractivity contribution < 1.29 is 19.1 Å². The zero-order valence-corrected chi connectivity index (χ0v) is 14.7. The van der Waals surface area contributed by atoms with Gasteiger partial charge in [0, 0.05) is 5.56 Å². The summed E-state index contributed by atoms with van der Waals surface area (Å²) in [4.78, 5) is 23.8. The first kappa shape index (κ1) is 18.5. The Balaban J connectivity index is 1.89. The second-order valence-electron chi connectivity index (χ2n) is 6.58. The number of benzene rings is 2. The van der Waals surface area contributed by atoms with E-state index in [2.05, 4.69) is 5.32 Å². The Morgan fingerprint density at radius 1 is 1.00 bits per heavy atom. The predicted molar refractivity (Wildman–Crippen MR) is 95.8 cm³/mol. The molecule has 0 radical (unpaired) electrons. The second-order valence-corrected chi connectivity index (χ2v) is 6.58. The molecule has 5 heteroatoms. The van der Waals surface area contributed by atoms with Crippen molar-refractivity contribution in [2.24, 2.45) is 0 Å². The van der Waals surface area contributed by atoms with E-state index in [1.807, 2.05) is 30.3 Å². The van der Waals surface area contributed by atoms with Gasteiger partial charge in [0.05, 0.1) is 6.54 Å². The first-order valence-electron chi connectivity index (χ1n) is 8.10. The number of alkyl carbamates (subject to hydrolysis) is 1. The highest BCUT2D eigenvalue weighted by molar-refractivity contribution is 5.99. The quantitative estimate of drug-likeness (QED) is 0.807. The van der Waals surface area contributed by atoms with Crippen molar-refractivity contribution in [1.29, 1.82) is 0 Å². The fourth-order valence-corrected chi connectivity index (χ4v) is 2.07. The van der Waals surface area contributed by atoms with Gasteiger partial charge < -0.3 is 14.8 Å². The number of hydrogen-bond acceptors (Lipinski definition) is 4. The van der Waals surface area contributed by atoms with E-state index in [0.29, 0.717) is 17.9 Å². The molecule has 0 aliphatic carbocycles. The normalized spacial score (nSPS) is 10.8. The summed E-state index contributed by atoms with van der Waals surface area (Å²) in [6.45, 7) is 5.59. The van der Waals surface area contributed by atoms with E-state index >= 15 is 0 Å². The number of amides is 1. The highest BCUT2D eigenvalue weighted by atomic mass is 16.6. The molecular formula is C20H23NO4. The minimum absolute atomic E-state index is 0.128. The molecule has 0 aliphatic heterocycles. The van der Waals surface area contributed by atoms with Gasteiger partial charge in [-0.15, -0.1) is 0 Å². The van der Waals surface area contributed by atoms with Crippen LogP contribution in [0.4, 0.5) is 4.79 Å². The van der Waals surface area contributed by atoms with E-state index in [-0.39, 0.29) is 12.3 Å². The summed E-state index contributed by atoms with van der Waals surface area (Å²) in [5.74, 6) is 0.392. The fourth-order valence-electron chi connectivity index (χ4n) is 2.07. The van der Waals surface area contributed by atoms with Crippen LogP contribution in [0, 0.1) is 0 Å². The molecule has 0 unspecified atom stereocenters. The number of Topliss-reactive ketones (excluding diaryl/α,β-unsaturated/α-hetero) is 1. The summed E-state index contributed by atoms with van der Waals surface area (Å²) < 4.78 is 10.8. The number of hydrogen-bond donors (Lipinski definition) is 1. The van der Waals surface area contributed by atoms with E-state index in [0.717, 1.165) is 5.56 Å². The van der Waals surface area contributed by atoms with Crippen LogP contribution in [0.3, 0.4) is 0 Å². The molecule has 25 heavy (non-hydrogen) atoms. The molecule has 0 saturated carbocycles. The third-order valence-electron chi connectivity index (χ3n) is 3.20. The Kier molecular flexibility index (Phi) is 6.17. The molecule has 0 saturated heterocycles. The van der Waals surface area contributed by atoms with Crippen LogP contribution in [-0.2, 0) is 11.3 Å². The molecule has 2 aromatic carbocycles. The Morgan fingerprint density at radius 2 is 1.72 bits per heavy atom. The summed E-state index contributed by atoms with van der Waals surface area (Å²) in [5.41, 5.74) is 0.922. The maximum atomic E-state index is 12.2. The van der Waals surface area contributed by atoms with Crippen LogP contribution in [-0.4, -0.2) is 24.0 Å². The van der Waals surface area contributed by atoms with E-state index in [1.54, 1.807) is 45.0 Å². The van der Waals surface area contributed by atoms with E-state index in [1.165, 1.54) is 0 Å². The maximum Gasteiger partial charge on any atom is 0.408 e. The third kappa shape index (κ3) is 6.67. The van der Waals surface area contributed by atoms with Gasteiger partial charge in [-0.3, -0.25) is 4.79 Å². The number of ether oxygens (including phenoxy) is 2. The number of ketones is 1. The fraction of sp³-hybridized carbons (Fsp3) is 0.300. The molecule has 2 aromatic rings. The van der Waals surface area contributed by atoms with Crippen molar-refractivity contribution in [3.05, 3.63) is 65.7 Å². The first-order chi connectivity index (χ1) is 11.8. The van der Waals surface area contributed by atoms with Gasteiger partial charge in [-0.1, -0.05) is 42.5 Å². The summed E-state index contributed by atoms with van der Waals surface area (Å²) in [7, 11) is 0. The van der Waals surface area contributed by atoms with Crippen molar-refractivity contribution in [2.45, 2.75) is 33.0 Å². The molecule has 0 atom stereocenters. The molecular weight excluding hydrogens is 318 g/mol. The Labute approximate surface area is 148 Å². The summed E-state index contributed by atoms with van der Waals surface area (Å²) in [5, 5.41) is 2.46. The molecule has 132 valence electrons. The van der Waals surface area contributed by atoms with Gasteiger partial charge in [-0.25, -0.2) is 4.79 Å². The lowest BCUT2D eigenvalue weighted by atomic mass is 10.1. The van der Waals surface area contributed by atoms with Gasteiger partial charge in [0.15, 0.2) is 5.78 Å². The van der Waals surface area contributed by atoms with Gasteiger partial charge in [-0.05, 0) is 38.5 Å². The van der Waals surface area contributed by atoms with Gasteiger partial charge >= 0.3 is 6.09 Å². The third-order valence-corrected chi connectivity index (χ3v) is 3.20. The Hall–Kier alpha value is -2.82. The Morgan fingerprint density at radius 3 is 2.40 bits per heavy atom. The number of nitrogens with one attached hydrogen (secondary N) is 1. The minimum Gasteiger partial charge on any atom is -0.489 e. The smallest absolute Gasteiger partial charge is 0.408 e. The van der Waals surface area contributed by atoms with Crippen LogP contribution in [0.15, 0.2) is 54.6 Å². The topological polar surface area (TPSA) is 64.6 Å². The van der Waals surface area contributed by atoms with Crippen molar-refractivity contribution in [3.63, 3.8) is 0 Å². The highest BCUT2D eigenvalue weighted by Crippen LogP contribution is 2.15. The van der Waals surface area contributed by atoms with Crippen LogP contribution in [0.5, 0.6) is 5.75 Å². The van der Waals surface area contributed by atoms with Crippen molar-refractivity contribution >= 4 is 11.9 Å². The first-order valence-corrected chi connectivity index (χ1v) is 8.10. The van der Waals surface area contributed by atoms with Gasteiger partial charge in [0.25, 0.3) is 0 Å². The largest absolute Gasteiger partial charge is 0.489 e. The summed E-state index contributed by atoms with van der Waals surface area (Å²) in [6.07, 6.45) is -0.614. The molecule has 0 aromatic heterocycles. The van der Waals surface area contributed by atoms with Crippen LogP contribution >= 0.6 is 0 Å². The lowest BCUT2D eigenvalue weighted by molar-refractivity contribution is 0.0520. The average molecular weight is 341 g/mol. The molecule has 5 nitrogen and oxygen atoms in total.